The van der Waals surface area contributed by atoms with Crippen LogP contribution < -0.4 is 9.46 Å². The van der Waals surface area contributed by atoms with Gasteiger partial charge in [0, 0.05) is 24.7 Å². The van der Waals surface area contributed by atoms with Gasteiger partial charge in [-0.15, -0.1) is 0 Å². The van der Waals surface area contributed by atoms with Crippen LogP contribution in [0.3, 0.4) is 0 Å². The third-order valence-corrected chi connectivity index (χ3v) is 5.56. The molecule has 0 unspecified atom stereocenters. The molecule has 0 saturated carbocycles. The predicted molar refractivity (Wildman–Crippen MR) is 106 cm³/mol. The van der Waals surface area contributed by atoms with Crippen molar-refractivity contribution in [3.63, 3.8) is 0 Å². The second kappa shape index (κ2) is 9.03. The van der Waals surface area contributed by atoms with E-state index < -0.39 is 10.0 Å². The Kier molecular flexibility index (Phi) is 7.01. The van der Waals surface area contributed by atoms with Crippen molar-refractivity contribution < 1.29 is 17.9 Å². The molecular weight excluding hydrogens is 388 g/mol. The van der Waals surface area contributed by atoms with Gasteiger partial charge in [0.05, 0.1) is 7.11 Å². The van der Waals surface area contributed by atoms with Crippen molar-refractivity contribution in [2.24, 2.45) is 0 Å². The van der Waals surface area contributed by atoms with E-state index in [1.165, 1.54) is 26.3 Å². The van der Waals surface area contributed by atoms with Crippen molar-refractivity contribution >= 4 is 33.6 Å². The molecule has 6 nitrogen and oxygen atoms in total. The molecule has 1 N–H and O–H groups in total. The number of amides is 1. The number of likely N-dealkylation sites (N-methyl/N-ethyl adjacent to an activating group) is 1. The summed E-state index contributed by atoms with van der Waals surface area (Å²) in [6.07, 6.45) is 2.96. The van der Waals surface area contributed by atoms with Gasteiger partial charge in [-0.05, 0) is 48.5 Å². The van der Waals surface area contributed by atoms with Gasteiger partial charge in [0.15, 0.2) is 0 Å². The van der Waals surface area contributed by atoms with E-state index in [2.05, 4.69) is 4.72 Å². The summed E-state index contributed by atoms with van der Waals surface area (Å²) in [4.78, 5) is 13.9. The van der Waals surface area contributed by atoms with Gasteiger partial charge >= 0.3 is 0 Å². The Labute approximate surface area is 164 Å². The number of benzene rings is 2. The van der Waals surface area contributed by atoms with E-state index in [1.807, 2.05) is 12.1 Å². The minimum absolute atomic E-state index is 0.0108. The minimum atomic E-state index is -3.68. The van der Waals surface area contributed by atoms with Crippen molar-refractivity contribution in [3.8, 4) is 5.75 Å². The zero-order valence-electron chi connectivity index (χ0n) is 15.3. The van der Waals surface area contributed by atoms with Crippen LogP contribution in [0.2, 0.25) is 5.02 Å². The zero-order chi connectivity index (χ0) is 20.0. The van der Waals surface area contributed by atoms with Crippen LogP contribution in [0.25, 0.3) is 6.08 Å². The van der Waals surface area contributed by atoms with Crippen LogP contribution in [0.4, 0.5) is 0 Å². The molecule has 0 fully saturated rings. The summed E-state index contributed by atoms with van der Waals surface area (Å²) < 4.78 is 31.6. The first-order chi connectivity index (χ1) is 12.8. The molecule has 0 atom stereocenters. The molecule has 0 aliphatic carbocycles. The summed E-state index contributed by atoms with van der Waals surface area (Å²) in [7, 11) is 0.733. The largest absolute Gasteiger partial charge is 0.495 e. The molecule has 0 saturated heterocycles. The number of nitrogens with zero attached hydrogens (tertiary/aromatic N) is 1. The van der Waals surface area contributed by atoms with Gasteiger partial charge in [-0.3, -0.25) is 4.79 Å². The van der Waals surface area contributed by atoms with Gasteiger partial charge < -0.3 is 9.64 Å². The standard InChI is InChI=1S/C19H21ClN2O4S/c1-21-27(24,25)18-12-14(6-10-17(18)26-3)7-11-19(23)22(2)13-15-4-8-16(20)9-5-15/h4-12,21H,13H2,1-3H3. The van der Waals surface area contributed by atoms with Crippen LogP contribution in [0.15, 0.2) is 53.4 Å². The van der Waals surface area contributed by atoms with Crippen LogP contribution in [0.5, 0.6) is 5.75 Å². The Bertz CT molecular complexity index is 941. The van der Waals surface area contributed by atoms with Gasteiger partial charge in [0.2, 0.25) is 15.9 Å². The number of hydrogen-bond donors (Lipinski definition) is 1. The van der Waals surface area contributed by atoms with Crippen molar-refractivity contribution in [2.45, 2.75) is 11.4 Å². The van der Waals surface area contributed by atoms with Gasteiger partial charge in [-0.2, -0.15) is 0 Å². The smallest absolute Gasteiger partial charge is 0.246 e. The molecule has 144 valence electrons. The quantitative estimate of drug-likeness (QED) is 0.715. The summed E-state index contributed by atoms with van der Waals surface area (Å²) in [5, 5.41) is 0.638. The highest BCUT2D eigenvalue weighted by molar-refractivity contribution is 7.89. The molecule has 0 radical (unpaired) electrons. The summed E-state index contributed by atoms with van der Waals surface area (Å²) >= 11 is 5.86. The maximum absolute atomic E-state index is 12.3. The van der Waals surface area contributed by atoms with Gasteiger partial charge in [-0.25, -0.2) is 13.1 Å². The van der Waals surface area contributed by atoms with Crippen LogP contribution in [0.1, 0.15) is 11.1 Å². The Hall–Kier alpha value is -2.35. The van der Waals surface area contributed by atoms with E-state index in [1.54, 1.807) is 42.3 Å². The van der Waals surface area contributed by atoms with Crippen molar-refractivity contribution in [1.82, 2.24) is 9.62 Å². The lowest BCUT2D eigenvalue weighted by Crippen LogP contribution is -2.24. The summed E-state index contributed by atoms with van der Waals surface area (Å²) in [5.74, 6) is 0.0199. The Morgan fingerprint density at radius 3 is 2.48 bits per heavy atom. The first kappa shape index (κ1) is 21.0. The Balaban J connectivity index is 2.15. The SMILES string of the molecule is CNS(=O)(=O)c1cc(C=CC(=O)N(C)Cc2ccc(Cl)cc2)ccc1OC. The Morgan fingerprint density at radius 2 is 1.89 bits per heavy atom. The first-order valence-electron chi connectivity index (χ1n) is 8.06. The number of sulfonamides is 1. The van der Waals surface area contributed by atoms with Gasteiger partial charge in [0.1, 0.15) is 10.6 Å². The maximum Gasteiger partial charge on any atom is 0.246 e. The van der Waals surface area contributed by atoms with Crippen LogP contribution in [-0.4, -0.2) is 40.4 Å². The summed E-state index contributed by atoms with van der Waals surface area (Å²) in [6, 6.07) is 11.9. The fourth-order valence-electron chi connectivity index (χ4n) is 2.35. The van der Waals surface area contributed by atoms with E-state index in [0.717, 1.165) is 5.56 Å². The normalized spacial score (nSPS) is 11.6. The third kappa shape index (κ3) is 5.56. The molecule has 0 aromatic heterocycles. The van der Waals surface area contributed by atoms with E-state index >= 15 is 0 Å². The number of carbonyl (C=O) groups is 1. The van der Waals surface area contributed by atoms with Gasteiger partial charge in [-0.1, -0.05) is 29.8 Å². The molecule has 1 amide bonds. The lowest BCUT2D eigenvalue weighted by molar-refractivity contribution is -0.125. The monoisotopic (exact) mass is 408 g/mol. The lowest BCUT2D eigenvalue weighted by atomic mass is 10.2. The number of methoxy groups -OCH3 is 1. The number of ether oxygens (including phenoxy) is 1. The van der Waals surface area contributed by atoms with E-state index in [4.69, 9.17) is 16.3 Å². The van der Waals surface area contributed by atoms with Crippen LogP contribution in [0, 0.1) is 0 Å². The molecular formula is C19H21ClN2O4S. The number of carbonyl (C=O) groups excluding carboxylic acids is 1. The van der Waals surface area contributed by atoms with E-state index in [0.29, 0.717) is 17.1 Å². The minimum Gasteiger partial charge on any atom is -0.495 e. The second-order valence-electron chi connectivity index (χ2n) is 5.77. The fourth-order valence-corrected chi connectivity index (χ4v) is 3.41. The molecule has 0 bridgehead atoms. The second-order valence-corrected chi connectivity index (χ2v) is 8.06. The van der Waals surface area contributed by atoms with Gasteiger partial charge in [0.25, 0.3) is 0 Å². The molecule has 2 aromatic carbocycles. The maximum atomic E-state index is 12.3. The van der Waals surface area contributed by atoms with Crippen LogP contribution >= 0.6 is 11.6 Å². The van der Waals surface area contributed by atoms with Crippen molar-refractivity contribution in [1.29, 1.82) is 0 Å². The zero-order valence-corrected chi connectivity index (χ0v) is 16.8. The first-order valence-corrected chi connectivity index (χ1v) is 9.92. The summed E-state index contributed by atoms with van der Waals surface area (Å²) in [5.41, 5.74) is 1.52. The third-order valence-electron chi connectivity index (χ3n) is 3.87. The number of halogens is 1. The van der Waals surface area contributed by atoms with E-state index in [9.17, 15) is 13.2 Å². The van der Waals surface area contributed by atoms with Crippen molar-refractivity contribution in [2.75, 3.05) is 21.2 Å². The number of hydrogen-bond acceptors (Lipinski definition) is 4. The molecule has 2 rings (SSSR count). The highest BCUT2D eigenvalue weighted by Gasteiger charge is 2.17. The molecule has 0 aliphatic heterocycles. The van der Waals surface area contributed by atoms with Crippen LogP contribution in [-0.2, 0) is 21.4 Å². The molecule has 27 heavy (non-hydrogen) atoms. The fraction of sp³-hybridized carbons (Fsp3) is 0.211. The highest BCUT2D eigenvalue weighted by atomic mass is 35.5. The molecule has 8 heteroatoms. The van der Waals surface area contributed by atoms with E-state index in [-0.39, 0.29) is 16.6 Å². The Morgan fingerprint density at radius 1 is 1.22 bits per heavy atom. The molecule has 0 aliphatic rings. The highest BCUT2D eigenvalue weighted by Crippen LogP contribution is 2.25. The number of nitrogens with one attached hydrogen (secondary N) is 1. The topological polar surface area (TPSA) is 75.7 Å². The average Bonchev–Trinajstić information content (AvgIpc) is 2.67. The molecule has 2 aromatic rings. The lowest BCUT2D eigenvalue weighted by Gasteiger charge is -2.15. The molecule has 0 spiro atoms. The average molecular weight is 409 g/mol. The molecule has 0 heterocycles. The number of rotatable bonds is 7. The predicted octanol–water partition coefficient (Wildman–Crippen LogP) is 2.93. The summed E-state index contributed by atoms with van der Waals surface area (Å²) in [6.45, 7) is 0.433. The van der Waals surface area contributed by atoms with Crippen molar-refractivity contribution in [3.05, 3.63) is 64.7 Å².